The maximum atomic E-state index is 2.83. The number of hydrogen-bond acceptors (Lipinski definition) is 2. The third-order valence-electron chi connectivity index (χ3n) is 14.4. The summed E-state index contributed by atoms with van der Waals surface area (Å²) in [5.74, 6) is 0. The van der Waals surface area contributed by atoms with Gasteiger partial charge in [0.25, 0.3) is 6.71 Å². The highest BCUT2D eigenvalue weighted by Crippen LogP contribution is 2.62. The molecule has 3 aliphatic heterocycles. The molecule has 0 N–H and O–H groups in total. The van der Waals surface area contributed by atoms with Crippen molar-refractivity contribution in [1.82, 2.24) is 4.40 Å². The molecular formula is C50H38BN3. The molecule has 7 aromatic carbocycles. The van der Waals surface area contributed by atoms with Gasteiger partial charge in [-0.3, -0.25) is 0 Å². The van der Waals surface area contributed by atoms with E-state index in [0.717, 1.165) is 0 Å². The second kappa shape index (κ2) is 9.95. The van der Waals surface area contributed by atoms with Crippen molar-refractivity contribution >= 4 is 89.6 Å². The average molecular weight is 692 g/mol. The van der Waals surface area contributed by atoms with Crippen molar-refractivity contribution in [2.24, 2.45) is 0 Å². The Labute approximate surface area is 315 Å². The Bertz CT molecular complexity index is 3070. The van der Waals surface area contributed by atoms with E-state index in [-0.39, 0.29) is 17.7 Å². The van der Waals surface area contributed by atoms with Crippen LogP contribution >= 0.6 is 0 Å². The lowest BCUT2D eigenvalue weighted by molar-refractivity contribution is 0.195. The van der Waals surface area contributed by atoms with Gasteiger partial charge in [-0.2, -0.15) is 0 Å². The molecule has 4 aliphatic rings. The number of hydrogen-bond donors (Lipinski definition) is 0. The van der Waals surface area contributed by atoms with E-state index < -0.39 is 0 Å². The topological polar surface area (TPSA) is 10.9 Å². The van der Waals surface area contributed by atoms with Crippen molar-refractivity contribution < 1.29 is 0 Å². The molecule has 0 spiro atoms. The van der Waals surface area contributed by atoms with Gasteiger partial charge in [-0.25, -0.2) is 0 Å². The van der Waals surface area contributed by atoms with Crippen LogP contribution < -0.4 is 26.2 Å². The standard InChI is InChI=1S/C50H38BN3/c1-49-28-14-15-29-50(49,2)54-42-25-13-9-21-37(42)51-38-30-35-33-19-7-11-23-40(33)52-41-24-12-8-20-34(41)44(46(35)52)48(38)53(43-27-26-36(49)47(54)45(43)51)39-22-10-6-18-32(39)31-16-4-3-5-17-31/h3-13,16-27,30H,14-15,28-29H2,1-2H3. The van der Waals surface area contributed by atoms with Crippen molar-refractivity contribution in [1.29, 1.82) is 0 Å². The molecule has 13 rings (SSSR count). The van der Waals surface area contributed by atoms with Crippen LogP contribution in [0.1, 0.15) is 45.1 Å². The maximum absolute atomic E-state index is 2.83. The number of anilines is 5. The largest absolute Gasteiger partial charge is 0.335 e. The number of rotatable bonds is 2. The predicted octanol–water partition coefficient (Wildman–Crippen LogP) is 10.9. The summed E-state index contributed by atoms with van der Waals surface area (Å²) in [6.07, 6.45) is 4.97. The lowest BCUT2D eigenvalue weighted by Gasteiger charge is -2.52. The van der Waals surface area contributed by atoms with Crippen LogP contribution in [0, 0.1) is 0 Å². The number of fused-ring (bicyclic) bond motifs is 15. The molecule has 9 aromatic rings. The van der Waals surface area contributed by atoms with Crippen LogP contribution in [0.25, 0.3) is 49.2 Å². The van der Waals surface area contributed by atoms with E-state index in [2.05, 4.69) is 174 Å². The molecule has 3 nitrogen and oxygen atoms in total. The summed E-state index contributed by atoms with van der Waals surface area (Å²) >= 11 is 0. The van der Waals surface area contributed by atoms with Gasteiger partial charge in [0.1, 0.15) is 0 Å². The summed E-state index contributed by atoms with van der Waals surface area (Å²) in [7, 11) is 0. The van der Waals surface area contributed by atoms with Crippen LogP contribution in [-0.2, 0) is 5.41 Å². The molecule has 5 heterocycles. The van der Waals surface area contributed by atoms with Crippen LogP contribution in [0.4, 0.5) is 28.4 Å². The first kappa shape index (κ1) is 29.5. The van der Waals surface area contributed by atoms with E-state index >= 15 is 0 Å². The van der Waals surface area contributed by atoms with E-state index in [0.29, 0.717) is 0 Å². The van der Waals surface area contributed by atoms with E-state index in [4.69, 9.17) is 0 Å². The Kier molecular flexibility index (Phi) is 5.43. The summed E-state index contributed by atoms with van der Waals surface area (Å²) in [6.45, 7) is 5.25. The van der Waals surface area contributed by atoms with Gasteiger partial charge in [-0.1, -0.05) is 135 Å². The number of para-hydroxylation sites is 4. The second-order valence-electron chi connectivity index (χ2n) is 16.7. The minimum Gasteiger partial charge on any atom is -0.335 e. The molecule has 0 saturated heterocycles. The highest BCUT2D eigenvalue weighted by Gasteiger charge is 2.61. The van der Waals surface area contributed by atoms with Crippen LogP contribution in [-0.4, -0.2) is 16.7 Å². The third kappa shape index (κ3) is 3.26. The Hall–Kier alpha value is -6.00. The first-order valence-electron chi connectivity index (χ1n) is 19.8. The first-order chi connectivity index (χ1) is 26.6. The summed E-state index contributed by atoms with van der Waals surface area (Å²) in [4.78, 5) is 5.51. The quantitative estimate of drug-likeness (QED) is 0.167. The second-order valence-corrected chi connectivity index (χ2v) is 16.7. The Morgan fingerprint density at radius 1 is 0.556 bits per heavy atom. The van der Waals surface area contributed by atoms with Crippen molar-refractivity contribution in [2.45, 2.75) is 50.5 Å². The normalized spacial score (nSPS) is 20.9. The molecule has 2 unspecified atom stereocenters. The van der Waals surface area contributed by atoms with Crippen LogP contribution in [0.3, 0.4) is 0 Å². The van der Waals surface area contributed by atoms with Crippen molar-refractivity contribution in [3.63, 3.8) is 0 Å². The molecular weight excluding hydrogens is 653 g/mol. The lowest BCUT2D eigenvalue weighted by Crippen LogP contribution is -2.64. The van der Waals surface area contributed by atoms with E-state index in [1.165, 1.54) is 125 Å². The molecule has 1 fully saturated rings. The van der Waals surface area contributed by atoms with Crippen molar-refractivity contribution in [2.75, 3.05) is 9.80 Å². The fourth-order valence-electron chi connectivity index (χ4n) is 12.0. The van der Waals surface area contributed by atoms with Crippen LogP contribution in [0.5, 0.6) is 0 Å². The van der Waals surface area contributed by atoms with E-state index in [9.17, 15) is 0 Å². The molecule has 256 valence electrons. The maximum Gasteiger partial charge on any atom is 0.252 e. The monoisotopic (exact) mass is 691 g/mol. The molecule has 4 heteroatoms. The van der Waals surface area contributed by atoms with Gasteiger partial charge in [0, 0.05) is 49.6 Å². The average Bonchev–Trinajstić information content (AvgIpc) is 3.81. The first-order valence-corrected chi connectivity index (χ1v) is 19.8. The molecule has 0 amide bonds. The number of aromatic nitrogens is 1. The minimum atomic E-state index is 0.00122. The molecule has 0 radical (unpaired) electrons. The van der Waals surface area contributed by atoms with E-state index in [1.54, 1.807) is 0 Å². The zero-order valence-corrected chi connectivity index (χ0v) is 30.6. The van der Waals surface area contributed by atoms with E-state index in [1.807, 2.05) is 0 Å². The zero-order valence-electron chi connectivity index (χ0n) is 30.6. The number of nitrogens with zero attached hydrogens (tertiary/aromatic N) is 3. The van der Waals surface area contributed by atoms with Gasteiger partial charge < -0.3 is 14.2 Å². The fourth-order valence-corrected chi connectivity index (χ4v) is 12.0. The van der Waals surface area contributed by atoms with Gasteiger partial charge in [-0.15, -0.1) is 0 Å². The molecule has 1 aliphatic carbocycles. The van der Waals surface area contributed by atoms with Gasteiger partial charge >= 0.3 is 0 Å². The summed E-state index contributed by atoms with van der Waals surface area (Å²) in [6, 6.07) is 55.3. The molecule has 2 aromatic heterocycles. The molecule has 54 heavy (non-hydrogen) atoms. The molecule has 1 saturated carbocycles. The fraction of sp³-hybridized carbons (Fsp3) is 0.160. The highest BCUT2D eigenvalue weighted by molar-refractivity contribution is 7.00. The Morgan fingerprint density at radius 3 is 2.09 bits per heavy atom. The zero-order chi connectivity index (χ0) is 35.5. The molecule has 2 atom stereocenters. The summed E-state index contributed by atoms with van der Waals surface area (Å²) in [5.41, 5.74) is 18.9. The Morgan fingerprint density at radius 2 is 1.24 bits per heavy atom. The SMILES string of the molecule is CC12CCCCC1(C)N1c3ccccc3B3c4cc5c6ccccc6n6c7ccccc7c(c4N(c4ccccc4-c4ccccc4)c4ccc2c1c43)c56. The van der Waals surface area contributed by atoms with Crippen molar-refractivity contribution in [3.05, 3.63) is 151 Å². The van der Waals surface area contributed by atoms with Gasteiger partial charge in [0.15, 0.2) is 0 Å². The minimum absolute atomic E-state index is 0.00122. The van der Waals surface area contributed by atoms with Crippen molar-refractivity contribution in [3.8, 4) is 11.1 Å². The summed E-state index contributed by atoms with van der Waals surface area (Å²) < 4.78 is 2.54. The Balaban J connectivity index is 1.26. The molecule has 0 bridgehead atoms. The van der Waals surface area contributed by atoms with Gasteiger partial charge in [0.2, 0.25) is 0 Å². The lowest BCUT2D eigenvalue weighted by atomic mass is 9.33. The highest BCUT2D eigenvalue weighted by atomic mass is 15.3. The third-order valence-corrected chi connectivity index (χ3v) is 14.4. The number of benzene rings is 7. The van der Waals surface area contributed by atoms with Crippen LogP contribution in [0.15, 0.2) is 146 Å². The summed E-state index contributed by atoms with van der Waals surface area (Å²) in [5, 5.41) is 5.32. The smallest absolute Gasteiger partial charge is 0.252 e. The predicted molar refractivity (Wildman–Crippen MR) is 229 cm³/mol. The van der Waals surface area contributed by atoms with Gasteiger partial charge in [0.05, 0.1) is 33.5 Å². The van der Waals surface area contributed by atoms with Gasteiger partial charge in [-0.05, 0) is 77.6 Å². The van der Waals surface area contributed by atoms with Crippen LogP contribution in [0.2, 0.25) is 0 Å².